The summed E-state index contributed by atoms with van der Waals surface area (Å²) in [4.78, 5) is 49.7. The van der Waals surface area contributed by atoms with Gasteiger partial charge in [-0.05, 0) is 83.2 Å². The molecule has 6 heteroatoms. The minimum atomic E-state index is -0.383. The van der Waals surface area contributed by atoms with Crippen molar-refractivity contribution in [1.29, 1.82) is 0 Å². The van der Waals surface area contributed by atoms with Gasteiger partial charge in [-0.25, -0.2) is 0 Å². The van der Waals surface area contributed by atoms with E-state index in [1.807, 2.05) is 164 Å². The molecule has 0 spiro atoms. The quantitative estimate of drug-likeness (QED) is 0.0939. The Kier molecular flexibility index (Phi) is 15.8. The molecular weight excluding hydrogens is 888 g/mol. The molecule has 336 valence electrons. The van der Waals surface area contributed by atoms with Gasteiger partial charge in [0.15, 0.2) is 5.78 Å². The van der Waals surface area contributed by atoms with Crippen LogP contribution in [0.5, 0.6) is 0 Å². The largest absolute Gasteiger partial charge is 1.00 e. The van der Waals surface area contributed by atoms with Crippen LogP contribution in [-0.4, -0.2) is 28.6 Å². The number of rotatable bonds is 6. The van der Waals surface area contributed by atoms with Crippen LogP contribution >= 0.6 is 0 Å². The third-order valence-corrected chi connectivity index (χ3v) is 12.8. The Labute approximate surface area is 450 Å². The summed E-state index contributed by atoms with van der Waals surface area (Å²) in [5.74, 6) is -0.390. The van der Waals surface area contributed by atoms with E-state index in [4.69, 9.17) is 0 Å². The number of carbonyl (C=O) groups excluding carboxylic acids is 4. The first-order valence-corrected chi connectivity index (χ1v) is 22.2. The Bertz CT molecular complexity index is 3650. The van der Waals surface area contributed by atoms with Crippen molar-refractivity contribution in [2.75, 3.05) is 0 Å². The Balaban J connectivity index is 0.000000163. The molecule has 0 unspecified atom stereocenters. The van der Waals surface area contributed by atoms with E-state index in [1.165, 1.54) is 27.1 Å². The average molecular weight is 937 g/mol. The first kappa shape index (κ1) is 50.9. The van der Waals surface area contributed by atoms with Gasteiger partial charge in [0.1, 0.15) is 5.78 Å². The fraction of sp³-hybridized carbons (Fsp3) is 0.0625. The first-order chi connectivity index (χ1) is 32.4. The maximum absolute atomic E-state index is 14.0. The molecule has 0 amide bonds. The van der Waals surface area contributed by atoms with E-state index in [0.29, 0.717) is 24.0 Å². The van der Waals surface area contributed by atoms with E-state index in [9.17, 15) is 19.2 Å². The van der Waals surface area contributed by atoms with Crippen LogP contribution in [0.15, 0.2) is 218 Å². The molecule has 13 rings (SSSR count). The van der Waals surface area contributed by atoms with Crippen molar-refractivity contribution in [2.24, 2.45) is 0 Å². The molecule has 1 N–H and O–H groups in total. The van der Waals surface area contributed by atoms with Gasteiger partial charge in [0.2, 0.25) is 11.6 Å². The molecule has 0 aromatic heterocycles. The Morgan fingerprint density at radius 3 is 1.17 bits per heavy atom. The molecule has 0 saturated carbocycles. The molecule has 0 atom stereocenters. The van der Waals surface area contributed by atoms with Crippen molar-refractivity contribution >= 4 is 88.5 Å². The third-order valence-electron chi connectivity index (χ3n) is 12.8. The summed E-state index contributed by atoms with van der Waals surface area (Å²) in [7, 11) is 0. The van der Waals surface area contributed by atoms with Crippen molar-refractivity contribution in [3.63, 3.8) is 0 Å². The molecule has 3 aliphatic carbocycles. The van der Waals surface area contributed by atoms with Crippen LogP contribution < -0.4 is 51.4 Å². The molecule has 3 aliphatic rings. The monoisotopic (exact) mass is 936 g/mol. The van der Waals surface area contributed by atoms with Crippen LogP contribution in [0, 0.1) is 0 Å². The summed E-state index contributed by atoms with van der Waals surface area (Å²) in [5, 5.41) is 8.84. The number of benzene rings is 10. The minimum Gasteiger partial charge on any atom is -0.870 e. The Morgan fingerprint density at radius 1 is 0.329 bits per heavy atom. The standard InChI is InChI=1S/C31H18O.C16H8O2.C15H14O.2CH4.K.H2O/c32-31-26(19-10-3-1-4-11-19)29-24-17-9-16-23-22-15-8-7-14-21(22)18-25(28(23)24)30(29)27(31)20-12-5-2-6-13-20;17-15-12-7-3-6-11-10-5-2-1-4-9(10)8-13(14(11)12)16(15)18;16-15(11-13-7-3-1-4-8-13)12-14-9-5-2-6-10-14;;;;/h1-18H;1-8H;1-10H,11-12H2;2*1H4;;1H2/q;;;;;+1;/p-1. The molecule has 10 aromatic rings. The van der Waals surface area contributed by atoms with Crippen molar-refractivity contribution in [3.8, 4) is 0 Å². The zero-order valence-corrected chi connectivity index (χ0v) is 40.4. The van der Waals surface area contributed by atoms with Crippen molar-refractivity contribution < 1.29 is 76.0 Å². The van der Waals surface area contributed by atoms with E-state index < -0.39 is 0 Å². The van der Waals surface area contributed by atoms with E-state index in [0.717, 1.165) is 71.7 Å². The van der Waals surface area contributed by atoms with Gasteiger partial charge in [0.05, 0.1) is 0 Å². The van der Waals surface area contributed by atoms with Crippen LogP contribution in [0.3, 0.4) is 0 Å². The summed E-state index contributed by atoms with van der Waals surface area (Å²) in [5.41, 5.74) is 11.3. The smallest absolute Gasteiger partial charge is 0.870 e. The maximum atomic E-state index is 14.0. The predicted molar refractivity (Wildman–Crippen MR) is 284 cm³/mol. The number of Topliss-reactive ketones (excluding diaryl/α,β-unsaturated/α-hetero) is 4. The zero-order chi connectivity index (χ0) is 44.7. The van der Waals surface area contributed by atoms with Gasteiger partial charge >= 0.3 is 51.4 Å². The second-order valence-corrected chi connectivity index (χ2v) is 16.8. The molecule has 0 bridgehead atoms. The Hall–Kier alpha value is -7.00. The molecule has 5 nitrogen and oxygen atoms in total. The van der Waals surface area contributed by atoms with Gasteiger partial charge in [-0.2, -0.15) is 0 Å². The van der Waals surface area contributed by atoms with E-state index in [2.05, 4.69) is 48.5 Å². The summed E-state index contributed by atoms with van der Waals surface area (Å²) in [6.45, 7) is 0. The van der Waals surface area contributed by atoms with Gasteiger partial charge in [-0.1, -0.05) is 221 Å². The van der Waals surface area contributed by atoms with Gasteiger partial charge in [0, 0.05) is 51.6 Å². The molecule has 0 radical (unpaired) electrons. The zero-order valence-electron chi connectivity index (χ0n) is 37.3. The van der Waals surface area contributed by atoms with E-state index >= 15 is 0 Å². The van der Waals surface area contributed by atoms with Crippen LogP contribution in [-0.2, 0) is 22.4 Å². The SMILES string of the molecule is C.C.O=C(Cc1ccccc1)Cc1ccccc1.O=C1C(=O)c2cc3ccccc3c3cccc1c23.O=C1C(c2ccccc2)=C2C(=C1c1ccccc1)c1cc3ccccc3c3cccc2c13.[K+].[OH-]. The van der Waals surface area contributed by atoms with E-state index in [1.54, 1.807) is 6.07 Å². The molecular formula is C64H49KO5. The summed E-state index contributed by atoms with van der Waals surface area (Å²) < 4.78 is 0. The van der Waals surface area contributed by atoms with Crippen molar-refractivity contribution in [3.05, 3.63) is 263 Å². The average Bonchev–Trinajstić information content (AvgIpc) is 3.94. The topological polar surface area (TPSA) is 98.3 Å². The number of ketones is 4. The number of carbonyl (C=O) groups is 4. The van der Waals surface area contributed by atoms with Crippen LogP contribution in [0.1, 0.15) is 68.9 Å². The summed E-state index contributed by atoms with van der Waals surface area (Å²) in [6, 6.07) is 72.5. The molecule has 10 aromatic carbocycles. The Morgan fingerprint density at radius 2 is 0.686 bits per heavy atom. The van der Waals surface area contributed by atoms with Crippen LogP contribution in [0.25, 0.3) is 65.4 Å². The van der Waals surface area contributed by atoms with E-state index in [-0.39, 0.29) is 94.8 Å². The maximum Gasteiger partial charge on any atom is 1.00 e. The molecule has 0 fully saturated rings. The fourth-order valence-corrected chi connectivity index (χ4v) is 9.95. The number of allylic oxidation sites excluding steroid dienone is 4. The normalized spacial score (nSPS) is 12.5. The van der Waals surface area contributed by atoms with Gasteiger partial charge in [-0.3, -0.25) is 19.2 Å². The molecule has 0 saturated heterocycles. The number of hydrogen-bond acceptors (Lipinski definition) is 5. The second kappa shape index (κ2) is 21.7. The summed E-state index contributed by atoms with van der Waals surface area (Å²) in [6.07, 6.45) is 1.05. The van der Waals surface area contributed by atoms with Crippen LogP contribution in [0.2, 0.25) is 0 Å². The number of hydrogen-bond donors (Lipinski definition) is 0. The summed E-state index contributed by atoms with van der Waals surface area (Å²) >= 11 is 0. The first-order valence-electron chi connectivity index (χ1n) is 22.2. The van der Waals surface area contributed by atoms with Crippen molar-refractivity contribution in [2.45, 2.75) is 27.7 Å². The predicted octanol–water partition coefficient (Wildman–Crippen LogP) is 11.9. The fourth-order valence-electron chi connectivity index (χ4n) is 9.95. The molecule has 0 aliphatic heterocycles. The second-order valence-electron chi connectivity index (χ2n) is 16.8. The molecule has 70 heavy (non-hydrogen) atoms. The van der Waals surface area contributed by atoms with Gasteiger partial charge in [0.25, 0.3) is 0 Å². The third kappa shape index (κ3) is 9.14. The van der Waals surface area contributed by atoms with Gasteiger partial charge < -0.3 is 5.48 Å². The van der Waals surface area contributed by atoms with Crippen LogP contribution in [0.4, 0.5) is 0 Å². The van der Waals surface area contributed by atoms with Crippen molar-refractivity contribution in [1.82, 2.24) is 0 Å². The molecule has 0 heterocycles. The number of fused-ring (bicyclic) bond motifs is 7. The minimum absolute atomic E-state index is 0. The van der Waals surface area contributed by atoms with Gasteiger partial charge in [-0.15, -0.1) is 0 Å².